The second kappa shape index (κ2) is 9.46. The Morgan fingerprint density at radius 2 is 1.71 bits per heavy atom. The lowest BCUT2D eigenvalue weighted by molar-refractivity contribution is 0.0934. The molecule has 0 aromatic heterocycles. The number of carbonyl (C=O) groups is 1. The van der Waals surface area contributed by atoms with Gasteiger partial charge in [0.25, 0.3) is 5.91 Å². The molecule has 1 unspecified atom stereocenters. The number of benzene rings is 2. The summed E-state index contributed by atoms with van der Waals surface area (Å²) in [7, 11) is 4.80. The molecule has 0 spiro atoms. The van der Waals surface area contributed by atoms with Gasteiger partial charge in [0, 0.05) is 6.54 Å². The van der Waals surface area contributed by atoms with Gasteiger partial charge in [0.1, 0.15) is 17.2 Å². The van der Waals surface area contributed by atoms with Gasteiger partial charge in [-0.15, -0.1) is 0 Å². The van der Waals surface area contributed by atoms with E-state index >= 15 is 0 Å². The maximum Gasteiger partial charge on any atom is 0.255 e. The van der Waals surface area contributed by atoms with Crippen molar-refractivity contribution in [1.29, 1.82) is 0 Å². The summed E-state index contributed by atoms with van der Waals surface area (Å²) in [5.41, 5.74) is 1.60. The van der Waals surface area contributed by atoms with Crippen molar-refractivity contribution in [1.82, 2.24) is 10.2 Å². The number of amides is 1. The molecule has 28 heavy (non-hydrogen) atoms. The van der Waals surface area contributed by atoms with Gasteiger partial charge in [0.2, 0.25) is 0 Å². The monoisotopic (exact) mass is 384 g/mol. The van der Waals surface area contributed by atoms with Crippen LogP contribution in [0.4, 0.5) is 0 Å². The van der Waals surface area contributed by atoms with Crippen LogP contribution in [0, 0.1) is 0 Å². The van der Waals surface area contributed by atoms with E-state index < -0.39 is 0 Å². The van der Waals surface area contributed by atoms with Crippen molar-refractivity contribution in [2.75, 3.05) is 41.0 Å². The Morgan fingerprint density at radius 3 is 2.39 bits per heavy atom. The maximum atomic E-state index is 12.9. The van der Waals surface area contributed by atoms with Gasteiger partial charge in [-0.05, 0) is 61.8 Å². The van der Waals surface area contributed by atoms with E-state index in [1.54, 1.807) is 39.5 Å². The third-order valence-corrected chi connectivity index (χ3v) is 5.17. The van der Waals surface area contributed by atoms with Crippen molar-refractivity contribution in [2.45, 2.75) is 18.9 Å². The van der Waals surface area contributed by atoms with Gasteiger partial charge in [-0.2, -0.15) is 0 Å². The number of hydrogen-bond donors (Lipinski definition) is 1. The summed E-state index contributed by atoms with van der Waals surface area (Å²) in [6.07, 6.45) is 2.36. The number of hydrogen-bond acceptors (Lipinski definition) is 5. The van der Waals surface area contributed by atoms with Crippen molar-refractivity contribution in [3.8, 4) is 17.2 Å². The zero-order chi connectivity index (χ0) is 19.9. The summed E-state index contributed by atoms with van der Waals surface area (Å²) in [4.78, 5) is 15.3. The highest BCUT2D eigenvalue weighted by Gasteiger charge is 2.25. The number of nitrogens with zero attached hydrogens (tertiary/aromatic N) is 1. The number of nitrogens with one attached hydrogen (secondary N) is 1. The van der Waals surface area contributed by atoms with Crippen LogP contribution in [0.25, 0.3) is 0 Å². The second-order valence-electron chi connectivity index (χ2n) is 6.81. The minimum Gasteiger partial charge on any atom is -0.497 e. The van der Waals surface area contributed by atoms with Crippen LogP contribution in [0.1, 0.15) is 34.8 Å². The molecule has 1 fully saturated rings. The fourth-order valence-electron chi connectivity index (χ4n) is 3.64. The topological polar surface area (TPSA) is 60.0 Å². The number of likely N-dealkylation sites (tertiary alicyclic amines) is 1. The zero-order valence-corrected chi connectivity index (χ0v) is 16.7. The molecular formula is C22H28N2O4. The second-order valence-corrected chi connectivity index (χ2v) is 6.81. The van der Waals surface area contributed by atoms with Crippen molar-refractivity contribution in [3.05, 3.63) is 53.6 Å². The first-order valence-electron chi connectivity index (χ1n) is 9.54. The van der Waals surface area contributed by atoms with Crippen molar-refractivity contribution in [2.24, 2.45) is 0 Å². The van der Waals surface area contributed by atoms with Crippen LogP contribution in [0.15, 0.2) is 42.5 Å². The van der Waals surface area contributed by atoms with Crippen LogP contribution in [0.3, 0.4) is 0 Å². The molecule has 0 aliphatic carbocycles. The average Bonchev–Trinajstić information content (AvgIpc) is 3.28. The molecule has 0 bridgehead atoms. The molecule has 1 atom stereocenters. The summed E-state index contributed by atoms with van der Waals surface area (Å²) in [6.45, 7) is 2.56. The highest BCUT2D eigenvalue weighted by molar-refractivity contribution is 5.97. The van der Waals surface area contributed by atoms with Crippen LogP contribution in [0.5, 0.6) is 17.2 Å². The Kier molecular flexibility index (Phi) is 6.76. The first-order chi connectivity index (χ1) is 13.7. The highest BCUT2D eigenvalue weighted by atomic mass is 16.5. The van der Waals surface area contributed by atoms with E-state index in [1.165, 1.54) is 12.8 Å². The van der Waals surface area contributed by atoms with E-state index in [0.717, 1.165) is 24.4 Å². The van der Waals surface area contributed by atoms with Crippen molar-refractivity contribution < 1.29 is 19.0 Å². The fourth-order valence-corrected chi connectivity index (χ4v) is 3.64. The highest BCUT2D eigenvalue weighted by Crippen LogP contribution is 2.28. The molecular weight excluding hydrogens is 356 g/mol. The Hall–Kier alpha value is -2.73. The van der Waals surface area contributed by atoms with Gasteiger partial charge in [0.05, 0.1) is 32.9 Å². The van der Waals surface area contributed by atoms with E-state index in [0.29, 0.717) is 23.6 Å². The van der Waals surface area contributed by atoms with Crippen molar-refractivity contribution in [3.63, 3.8) is 0 Å². The molecule has 1 aliphatic rings. The molecule has 0 radical (unpaired) electrons. The molecule has 0 saturated carbocycles. The van der Waals surface area contributed by atoms with E-state index in [-0.39, 0.29) is 11.9 Å². The quantitative estimate of drug-likeness (QED) is 0.757. The number of ether oxygens (including phenoxy) is 3. The lowest BCUT2D eigenvalue weighted by Crippen LogP contribution is -2.37. The molecule has 3 rings (SSSR count). The van der Waals surface area contributed by atoms with Crippen molar-refractivity contribution >= 4 is 5.91 Å². The Morgan fingerprint density at radius 1 is 1.00 bits per heavy atom. The molecule has 6 heteroatoms. The summed E-state index contributed by atoms with van der Waals surface area (Å²) in [5, 5.41) is 3.08. The van der Waals surface area contributed by atoms with Crippen LogP contribution < -0.4 is 19.5 Å². The largest absolute Gasteiger partial charge is 0.497 e. The number of rotatable bonds is 8. The summed E-state index contributed by atoms with van der Waals surface area (Å²) >= 11 is 0. The first kappa shape index (κ1) is 20.0. The summed E-state index contributed by atoms with van der Waals surface area (Å²) < 4.78 is 16.0. The van der Waals surface area contributed by atoms with Gasteiger partial charge >= 0.3 is 0 Å². The Labute approximate surface area is 166 Å². The standard InChI is InChI=1S/C22H28N2O4/c1-26-17-8-6-7-16(13-17)20(24-11-4-5-12-24)15-23-22(25)19-14-18(27-2)9-10-21(19)28-3/h6-10,13-14,20H,4-5,11-12,15H2,1-3H3,(H,23,25). The van der Waals surface area contributed by atoms with Gasteiger partial charge in [-0.1, -0.05) is 12.1 Å². The van der Waals surface area contributed by atoms with Gasteiger partial charge in [-0.3, -0.25) is 9.69 Å². The van der Waals surface area contributed by atoms with E-state index in [4.69, 9.17) is 14.2 Å². The van der Waals surface area contributed by atoms with Crippen LogP contribution in [0.2, 0.25) is 0 Å². The molecule has 6 nitrogen and oxygen atoms in total. The van der Waals surface area contributed by atoms with Gasteiger partial charge in [-0.25, -0.2) is 0 Å². The Balaban J connectivity index is 1.79. The molecule has 1 amide bonds. The first-order valence-corrected chi connectivity index (χ1v) is 9.54. The van der Waals surface area contributed by atoms with Crippen LogP contribution >= 0.6 is 0 Å². The minimum atomic E-state index is -0.178. The molecule has 2 aromatic carbocycles. The third-order valence-electron chi connectivity index (χ3n) is 5.17. The van der Waals surface area contributed by atoms with Gasteiger partial charge < -0.3 is 19.5 Å². The maximum absolute atomic E-state index is 12.9. The number of carbonyl (C=O) groups excluding carboxylic acids is 1. The molecule has 2 aromatic rings. The lowest BCUT2D eigenvalue weighted by Gasteiger charge is -2.28. The lowest BCUT2D eigenvalue weighted by atomic mass is 10.0. The fraction of sp³-hybridized carbons (Fsp3) is 0.409. The molecule has 1 aliphatic heterocycles. The Bertz CT molecular complexity index is 803. The van der Waals surface area contributed by atoms with Crippen LogP contribution in [-0.4, -0.2) is 51.8 Å². The van der Waals surface area contributed by atoms with E-state index in [9.17, 15) is 4.79 Å². The van der Waals surface area contributed by atoms with E-state index in [2.05, 4.69) is 16.3 Å². The molecule has 150 valence electrons. The smallest absolute Gasteiger partial charge is 0.255 e. The SMILES string of the molecule is COc1cccc(C(CNC(=O)c2cc(OC)ccc2OC)N2CCCC2)c1. The van der Waals surface area contributed by atoms with Gasteiger partial charge in [0.15, 0.2) is 0 Å². The predicted molar refractivity (Wildman–Crippen MR) is 108 cm³/mol. The van der Waals surface area contributed by atoms with Crippen LogP contribution in [-0.2, 0) is 0 Å². The minimum absolute atomic E-state index is 0.0955. The predicted octanol–water partition coefficient (Wildman–Crippen LogP) is 3.28. The number of methoxy groups -OCH3 is 3. The molecule has 1 heterocycles. The zero-order valence-electron chi connectivity index (χ0n) is 16.7. The summed E-state index contributed by atoms with van der Waals surface area (Å²) in [6, 6.07) is 13.4. The third kappa shape index (κ3) is 4.57. The molecule has 1 saturated heterocycles. The summed E-state index contributed by atoms with van der Waals surface area (Å²) in [5.74, 6) is 1.79. The average molecular weight is 384 g/mol. The normalized spacial score (nSPS) is 15.1. The molecule has 1 N–H and O–H groups in total. The van der Waals surface area contributed by atoms with E-state index in [1.807, 2.05) is 18.2 Å².